The van der Waals surface area contributed by atoms with E-state index in [1.807, 2.05) is 0 Å². The summed E-state index contributed by atoms with van der Waals surface area (Å²) >= 11 is 5.75. The van der Waals surface area contributed by atoms with Crippen molar-refractivity contribution in [3.8, 4) is 0 Å². The number of carboxylic acid groups (broad SMARTS) is 1. The lowest BCUT2D eigenvalue weighted by atomic mass is 9.79. The lowest BCUT2D eigenvalue weighted by Crippen LogP contribution is -2.48. The van der Waals surface area contributed by atoms with Gasteiger partial charge in [-0.2, -0.15) is 0 Å². The lowest BCUT2D eigenvalue weighted by molar-refractivity contribution is -0.149. The number of benzene rings is 1. The standard InChI is InChI=1S/C16H17ClN2O4/c17-11-5-3-8(4-6-11)14(20)18-19-15(21)12-9-1-2-10(7-9)13(12)16(22)23/h3-6,9-10,12-13H,1-2,7H2,(H,18,20)(H,19,21)(H,22,23)/t9-,10+,12-,13-/m0/s1. The minimum Gasteiger partial charge on any atom is -0.481 e. The van der Waals surface area contributed by atoms with Crippen LogP contribution in [0.1, 0.15) is 29.6 Å². The predicted octanol–water partition coefficient (Wildman–Crippen LogP) is 1.85. The third-order valence-electron chi connectivity index (χ3n) is 4.91. The highest BCUT2D eigenvalue weighted by Crippen LogP contribution is 2.52. The summed E-state index contributed by atoms with van der Waals surface area (Å²) in [7, 11) is 0. The summed E-state index contributed by atoms with van der Waals surface area (Å²) < 4.78 is 0. The maximum atomic E-state index is 12.3. The summed E-state index contributed by atoms with van der Waals surface area (Å²) in [6.45, 7) is 0. The summed E-state index contributed by atoms with van der Waals surface area (Å²) in [4.78, 5) is 35.7. The fraction of sp³-hybridized carbons (Fsp3) is 0.438. The molecule has 3 N–H and O–H groups in total. The monoisotopic (exact) mass is 336 g/mol. The number of fused-ring (bicyclic) bond motifs is 2. The van der Waals surface area contributed by atoms with E-state index in [1.54, 1.807) is 24.3 Å². The van der Waals surface area contributed by atoms with Crippen LogP contribution in [0.4, 0.5) is 0 Å². The first-order valence-electron chi connectivity index (χ1n) is 7.56. The number of hydrazine groups is 1. The van der Waals surface area contributed by atoms with Crippen molar-refractivity contribution in [3.63, 3.8) is 0 Å². The number of hydrogen-bond donors (Lipinski definition) is 3. The van der Waals surface area contributed by atoms with Crippen LogP contribution >= 0.6 is 11.6 Å². The average Bonchev–Trinajstić information content (AvgIpc) is 3.13. The minimum atomic E-state index is -0.929. The highest BCUT2D eigenvalue weighted by atomic mass is 35.5. The number of carbonyl (C=O) groups excluding carboxylic acids is 2. The lowest BCUT2D eigenvalue weighted by Gasteiger charge is -2.26. The third-order valence-corrected chi connectivity index (χ3v) is 5.16. The van der Waals surface area contributed by atoms with Crippen molar-refractivity contribution in [1.29, 1.82) is 0 Å². The van der Waals surface area contributed by atoms with E-state index in [2.05, 4.69) is 10.9 Å². The van der Waals surface area contributed by atoms with Gasteiger partial charge < -0.3 is 5.11 Å². The zero-order valence-electron chi connectivity index (χ0n) is 12.3. The Morgan fingerprint density at radius 3 is 2.22 bits per heavy atom. The van der Waals surface area contributed by atoms with Crippen molar-refractivity contribution in [2.24, 2.45) is 23.7 Å². The molecule has 2 saturated carbocycles. The van der Waals surface area contributed by atoms with Crippen LogP contribution in [0.3, 0.4) is 0 Å². The Balaban J connectivity index is 1.62. The van der Waals surface area contributed by atoms with Gasteiger partial charge in [0, 0.05) is 10.6 Å². The predicted molar refractivity (Wildman–Crippen MR) is 82.5 cm³/mol. The number of amides is 2. The zero-order valence-corrected chi connectivity index (χ0v) is 13.0. The van der Waals surface area contributed by atoms with Gasteiger partial charge in [0.2, 0.25) is 5.91 Å². The van der Waals surface area contributed by atoms with Crippen LogP contribution in [0, 0.1) is 23.7 Å². The van der Waals surface area contributed by atoms with Crippen LogP contribution in [0.5, 0.6) is 0 Å². The maximum absolute atomic E-state index is 12.3. The average molecular weight is 337 g/mol. The largest absolute Gasteiger partial charge is 0.481 e. The smallest absolute Gasteiger partial charge is 0.307 e. The van der Waals surface area contributed by atoms with Crippen molar-refractivity contribution in [1.82, 2.24) is 10.9 Å². The van der Waals surface area contributed by atoms with Crippen LogP contribution < -0.4 is 10.9 Å². The molecular weight excluding hydrogens is 320 g/mol. The van der Waals surface area contributed by atoms with Gasteiger partial charge in [0.1, 0.15) is 0 Å². The molecule has 4 atom stereocenters. The molecular formula is C16H17ClN2O4. The van der Waals surface area contributed by atoms with Gasteiger partial charge >= 0.3 is 5.97 Å². The number of aliphatic carboxylic acids is 1. The van der Waals surface area contributed by atoms with Crippen LogP contribution in [-0.4, -0.2) is 22.9 Å². The number of halogens is 1. The Bertz CT molecular complexity index is 646. The summed E-state index contributed by atoms with van der Waals surface area (Å²) in [5.41, 5.74) is 5.07. The van der Waals surface area contributed by atoms with E-state index in [-0.39, 0.29) is 11.8 Å². The van der Waals surface area contributed by atoms with Gasteiger partial charge in [-0.15, -0.1) is 0 Å². The molecule has 2 aliphatic rings. The zero-order chi connectivity index (χ0) is 16.6. The highest BCUT2D eigenvalue weighted by Gasteiger charge is 2.54. The number of carboxylic acids is 1. The summed E-state index contributed by atoms with van der Waals surface area (Å²) in [6, 6.07) is 6.24. The first-order chi connectivity index (χ1) is 11.0. The second-order valence-corrected chi connectivity index (χ2v) is 6.61. The molecule has 122 valence electrons. The van der Waals surface area contributed by atoms with Crippen LogP contribution in [0.2, 0.25) is 5.02 Å². The van der Waals surface area contributed by atoms with E-state index in [4.69, 9.17) is 11.6 Å². The second kappa shape index (κ2) is 6.20. The van der Waals surface area contributed by atoms with Crippen molar-refractivity contribution in [3.05, 3.63) is 34.9 Å². The van der Waals surface area contributed by atoms with Gasteiger partial charge in [0.05, 0.1) is 11.8 Å². The normalized spacial score (nSPS) is 28.4. The van der Waals surface area contributed by atoms with Gasteiger partial charge in [-0.1, -0.05) is 11.6 Å². The molecule has 0 unspecified atom stereocenters. The SMILES string of the molecule is O=C(NNC(=O)[C@H]1[C@H]2CC[C@H](C2)[C@@H]1C(=O)O)c1ccc(Cl)cc1. The van der Waals surface area contributed by atoms with Crippen LogP contribution in [0.25, 0.3) is 0 Å². The number of carbonyl (C=O) groups is 3. The van der Waals surface area contributed by atoms with Gasteiger partial charge in [0.25, 0.3) is 5.91 Å². The first kappa shape index (κ1) is 15.8. The third kappa shape index (κ3) is 3.03. The Morgan fingerprint density at radius 2 is 1.61 bits per heavy atom. The Kier molecular flexibility index (Phi) is 4.26. The molecule has 0 aliphatic heterocycles. The molecule has 7 heteroatoms. The van der Waals surface area contributed by atoms with Crippen molar-refractivity contribution in [2.45, 2.75) is 19.3 Å². The fourth-order valence-electron chi connectivity index (χ4n) is 3.90. The second-order valence-electron chi connectivity index (χ2n) is 6.17. The van der Waals surface area contributed by atoms with Crippen LogP contribution in [0.15, 0.2) is 24.3 Å². The highest BCUT2D eigenvalue weighted by molar-refractivity contribution is 6.30. The number of hydrogen-bond acceptors (Lipinski definition) is 3. The Morgan fingerprint density at radius 1 is 1.00 bits per heavy atom. The molecule has 0 saturated heterocycles. The van der Waals surface area contributed by atoms with Gasteiger partial charge in [0.15, 0.2) is 0 Å². The molecule has 0 spiro atoms. The molecule has 2 bridgehead atoms. The summed E-state index contributed by atoms with van der Waals surface area (Å²) in [5.74, 6) is -2.88. The van der Waals surface area contributed by atoms with Crippen LogP contribution in [-0.2, 0) is 9.59 Å². The number of rotatable bonds is 3. The maximum Gasteiger partial charge on any atom is 0.307 e. The topological polar surface area (TPSA) is 95.5 Å². The van der Waals surface area contributed by atoms with Crippen molar-refractivity contribution < 1.29 is 19.5 Å². The molecule has 0 radical (unpaired) electrons. The molecule has 23 heavy (non-hydrogen) atoms. The summed E-state index contributed by atoms with van der Waals surface area (Å²) in [6.07, 6.45) is 2.51. The first-order valence-corrected chi connectivity index (χ1v) is 7.93. The van der Waals surface area contributed by atoms with Crippen molar-refractivity contribution in [2.75, 3.05) is 0 Å². The van der Waals surface area contributed by atoms with E-state index in [0.29, 0.717) is 10.6 Å². The molecule has 2 amide bonds. The summed E-state index contributed by atoms with van der Waals surface area (Å²) in [5, 5.41) is 9.87. The van der Waals surface area contributed by atoms with Gasteiger partial charge in [-0.25, -0.2) is 0 Å². The Labute approximate surface area is 138 Å². The van der Waals surface area contributed by atoms with E-state index in [1.165, 1.54) is 0 Å². The molecule has 6 nitrogen and oxygen atoms in total. The van der Waals surface area contributed by atoms with E-state index >= 15 is 0 Å². The molecule has 0 heterocycles. The van der Waals surface area contributed by atoms with E-state index < -0.39 is 29.6 Å². The quantitative estimate of drug-likeness (QED) is 0.734. The van der Waals surface area contributed by atoms with E-state index in [9.17, 15) is 19.5 Å². The van der Waals surface area contributed by atoms with Gasteiger partial charge in [-0.05, 0) is 55.4 Å². The van der Waals surface area contributed by atoms with E-state index in [0.717, 1.165) is 19.3 Å². The number of nitrogens with one attached hydrogen (secondary N) is 2. The molecule has 2 aliphatic carbocycles. The van der Waals surface area contributed by atoms with Gasteiger partial charge in [-0.3, -0.25) is 25.2 Å². The Hall–Kier alpha value is -2.08. The fourth-order valence-corrected chi connectivity index (χ4v) is 4.03. The molecule has 3 rings (SSSR count). The molecule has 0 aromatic heterocycles. The molecule has 2 fully saturated rings. The minimum absolute atomic E-state index is 0.0696. The molecule has 1 aromatic carbocycles. The molecule has 1 aromatic rings. The van der Waals surface area contributed by atoms with Crippen molar-refractivity contribution >= 4 is 29.4 Å².